The number of rotatable bonds is 5. The monoisotopic (exact) mass is 424 g/mol. The number of nitrogens with one attached hydrogen (secondary N) is 3. The maximum Gasteiger partial charge on any atom is 0.321 e. The van der Waals surface area contributed by atoms with Crippen molar-refractivity contribution >= 4 is 40.6 Å². The minimum Gasteiger partial charge on any atom is -0.338 e. The van der Waals surface area contributed by atoms with Gasteiger partial charge in [0.05, 0.1) is 9.75 Å². The van der Waals surface area contributed by atoms with Crippen molar-refractivity contribution in [1.29, 1.82) is 0 Å². The summed E-state index contributed by atoms with van der Waals surface area (Å²) in [6.45, 7) is 6.49. The molecule has 7 nitrogen and oxygen atoms in total. The first kappa shape index (κ1) is 21.4. The molecule has 0 radical (unpaired) electrons. The summed E-state index contributed by atoms with van der Waals surface area (Å²) in [4.78, 5) is 40.1. The van der Waals surface area contributed by atoms with Gasteiger partial charge in [0, 0.05) is 24.5 Å². The molecule has 1 fully saturated rings. The van der Waals surface area contributed by atoms with Gasteiger partial charge in [-0.3, -0.25) is 14.5 Å². The minimum absolute atomic E-state index is 0.119. The molecule has 8 heteroatoms. The van der Waals surface area contributed by atoms with Gasteiger partial charge >= 0.3 is 6.03 Å². The first-order valence-corrected chi connectivity index (χ1v) is 10.4. The van der Waals surface area contributed by atoms with Crippen LogP contribution in [0.1, 0.15) is 40.4 Å². The zero-order valence-corrected chi connectivity index (χ0v) is 18.0. The Hall–Kier alpha value is -3.31. The summed E-state index contributed by atoms with van der Waals surface area (Å²) >= 11 is 1.20. The predicted octanol–water partition coefficient (Wildman–Crippen LogP) is 3.10. The van der Waals surface area contributed by atoms with Crippen LogP contribution in [0.15, 0.2) is 30.3 Å². The molecule has 1 aliphatic rings. The van der Waals surface area contributed by atoms with Crippen LogP contribution in [0, 0.1) is 19.3 Å². The van der Waals surface area contributed by atoms with Crippen LogP contribution in [-0.4, -0.2) is 36.5 Å². The number of urea groups is 1. The molecular formula is C22H24N4O3S. The third kappa shape index (κ3) is 4.63. The van der Waals surface area contributed by atoms with Gasteiger partial charge in [-0.1, -0.05) is 5.92 Å². The average molecular weight is 425 g/mol. The molecule has 1 aromatic heterocycles. The van der Waals surface area contributed by atoms with E-state index < -0.39 is 5.54 Å². The molecule has 0 atom stereocenters. The first-order chi connectivity index (χ1) is 14.2. The summed E-state index contributed by atoms with van der Waals surface area (Å²) in [5.41, 5.74) is 1.12. The van der Waals surface area contributed by atoms with E-state index in [1.54, 1.807) is 36.9 Å². The zero-order valence-electron chi connectivity index (χ0n) is 17.2. The van der Waals surface area contributed by atoms with Gasteiger partial charge in [-0.15, -0.1) is 17.8 Å². The number of nitrogens with zero attached hydrogens (tertiary/aromatic N) is 1. The number of amides is 4. The van der Waals surface area contributed by atoms with Crippen molar-refractivity contribution in [1.82, 2.24) is 10.6 Å². The summed E-state index contributed by atoms with van der Waals surface area (Å²) in [6.07, 6.45) is 6.22. The van der Waals surface area contributed by atoms with E-state index in [1.165, 1.54) is 11.3 Å². The van der Waals surface area contributed by atoms with E-state index in [0.29, 0.717) is 28.5 Å². The van der Waals surface area contributed by atoms with Gasteiger partial charge in [-0.2, -0.15) is 0 Å². The van der Waals surface area contributed by atoms with Crippen LogP contribution in [0.25, 0.3) is 0 Å². The summed E-state index contributed by atoms with van der Waals surface area (Å²) in [5, 5.41) is 8.41. The van der Waals surface area contributed by atoms with Gasteiger partial charge < -0.3 is 16.0 Å². The minimum atomic E-state index is -1.14. The molecule has 1 aromatic carbocycles. The lowest BCUT2D eigenvalue weighted by Crippen LogP contribution is -2.52. The Morgan fingerprint density at radius 1 is 1.27 bits per heavy atom. The molecule has 4 amide bonds. The normalized spacial score (nSPS) is 13.9. The lowest BCUT2D eigenvalue weighted by molar-refractivity contribution is -0.120. The summed E-state index contributed by atoms with van der Waals surface area (Å²) in [7, 11) is 0. The second-order valence-corrected chi connectivity index (χ2v) is 8.66. The van der Waals surface area contributed by atoms with Gasteiger partial charge in [0.1, 0.15) is 5.54 Å². The van der Waals surface area contributed by atoms with E-state index in [4.69, 9.17) is 6.42 Å². The van der Waals surface area contributed by atoms with Crippen LogP contribution >= 0.6 is 11.3 Å². The van der Waals surface area contributed by atoms with E-state index >= 15 is 0 Å². The Bertz CT molecular complexity index is 1040. The molecular weight excluding hydrogens is 400 g/mol. The predicted molar refractivity (Wildman–Crippen MR) is 119 cm³/mol. The Morgan fingerprint density at radius 3 is 2.67 bits per heavy atom. The third-order valence-corrected chi connectivity index (χ3v) is 5.81. The lowest BCUT2D eigenvalue weighted by Gasteiger charge is -2.29. The highest BCUT2D eigenvalue weighted by Crippen LogP contribution is 2.25. The fourth-order valence-electron chi connectivity index (χ4n) is 3.12. The maximum absolute atomic E-state index is 12.8. The van der Waals surface area contributed by atoms with E-state index in [0.717, 1.165) is 17.7 Å². The van der Waals surface area contributed by atoms with Crippen LogP contribution < -0.4 is 20.9 Å². The second-order valence-electron chi connectivity index (χ2n) is 7.58. The van der Waals surface area contributed by atoms with E-state index in [9.17, 15) is 14.4 Å². The van der Waals surface area contributed by atoms with Crippen LogP contribution in [0.3, 0.4) is 0 Å². The maximum atomic E-state index is 12.8. The van der Waals surface area contributed by atoms with Crippen molar-refractivity contribution in [3.05, 3.63) is 45.6 Å². The number of anilines is 2. The Kier molecular flexibility index (Phi) is 6.13. The molecule has 0 bridgehead atoms. The Balaban J connectivity index is 1.68. The number of carbonyl (C=O) groups excluding carboxylic acids is 3. The molecule has 3 rings (SSSR count). The number of terminal acetylenes is 1. The number of hydrogen-bond donors (Lipinski definition) is 3. The molecule has 2 heterocycles. The lowest BCUT2D eigenvalue weighted by atomic mass is 10.0. The van der Waals surface area contributed by atoms with Gasteiger partial charge in [0.25, 0.3) is 5.91 Å². The second kappa shape index (κ2) is 8.59. The SMILES string of the molecule is C#Cc1ccc(C(=O)NC(C)(C)C(=O)Nc2ccc(N3CCCNC3=O)c(C)c2)s1. The molecule has 30 heavy (non-hydrogen) atoms. The molecule has 0 spiro atoms. The number of benzene rings is 1. The number of carbonyl (C=O) groups is 3. The van der Waals surface area contributed by atoms with Crippen molar-refractivity contribution < 1.29 is 14.4 Å². The molecule has 0 aliphatic carbocycles. The van der Waals surface area contributed by atoms with Crippen molar-refractivity contribution in [2.45, 2.75) is 32.7 Å². The number of thiophene rings is 1. The highest BCUT2D eigenvalue weighted by molar-refractivity contribution is 7.14. The van der Waals surface area contributed by atoms with Crippen LogP contribution in [-0.2, 0) is 4.79 Å². The highest BCUT2D eigenvalue weighted by atomic mass is 32.1. The Morgan fingerprint density at radius 2 is 2.03 bits per heavy atom. The number of hydrogen-bond acceptors (Lipinski definition) is 4. The van der Waals surface area contributed by atoms with Gasteiger partial charge in [0.2, 0.25) is 5.91 Å². The molecule has 3 N–H and O–H groups in total. The van der Waals surface area contributed by atoms with Crippen LogP contribution in [0.5, 0.6) is 0 Å². The van der Waals surface area contributed by atoms with Gasteiger partial charge in [0.15, 0.2) is 0 Å². The van der Waals surface area contributed by atoms with Crippen LogP contribution in [0.2, 0.25) is 0 Å². The standard InChI is InChI=1S/C22H24N4O3S/c1-5-16-8-10-18(30-16)19(27)25-22(3,4)20(28)24-15-7-9-17(14(2)13-15)26-12-6-11-23-21(26)29/h1,7-10,13H,6,11-12H2,2-4H3,(H,23,29)(H,24,28)(H,25,27). The van der Waals surface area contributed by atoms with Crippen molar-refractivity contribution in [3.63, 3.8) is 0 Å². The van der Waals surface area contributed by atoms with Crippen molar-refractivity contribution in [2.75, 3.05) is 23.3 Å². The zero-order chi connectivity index (χ0) is 21.9. The molecule has 2 aromatic rings. The largest absolute Gasteiger partial charge is 0.338 e. The van der Waals surface area contributed by atoms with Crippen molar-refractivity contribution in [3.8, 4) is 12.3 Å². The molecule has 1 aliphatic heterocycles. The summed E-state index contributed by atoms with van der Waals surface area (Å²) in [5.74, 6) is 1.78. The highest BCUT2D eigenvalue weighted by Gasteiger charge is 2.30. The van der Waals surface area contributed by atoms with E-state index in [2.05, 4.69) is 21.9 Å². The quantitative estimate of drug-likeness (QED) is 0.644. The molecule has 156 valence electrons. The van der Waals surface area contributed by atoms with Gasteiger partial charge in [-0.05, 0) is 63.1 Å². The number of aryl methyl sites for hydroxylation is 1. The smallest absolute Gasteiger partial charge is 0.321 e. The van der Waals surface area contributed by atoms with E-state index in [1.807, 2.05) is 19.1 Å². The van der Waals surface area contributed by atoms with Crippen LogP contribution in [0.4, 0.5) is 16.2 Å². The Labute approximate surface area is 179 Å². The fourth-order valence-corrected chi connectivity index (χ4v) is 3.83. The third-order valence-electron chi connectivity index (χ3n) is 4.79. The molecule has 1 saturated heterocycles. The average Bonchev–Trinajstić information content (AvgIpc) is 3.18. The molecule has 0 unspecified atom stereocenters. The van der Waals surface area contributed by atoms with Crippen molar-refractivity contribution in [2.24, 2.45) is 0 Å². The summed E-state index contributed by atoms with van der Waals surface area (Å²) < 4.78 is 0. The summed E-state index contributed by atoms with van der Waals surface area (Å²) in [6, 6.07) is 8.59. The molecule has 0 saturated carbocycles. The van der Waals surface area contributed by atoms with Gasteiger partial charge in [-0.25, -0.2) is 4.79 Å². The first-order valence-electron chi connectivity index (χ1n) is 9.58. The topological polar surface area (TPSA) is 90.5 Å². The fraction of sp³-hybridized carbons (Fsp3) is 0.318. The van der Waals surface area contributed by atoms with E-state index in [-0.39, 0.29) is 17.8 Å².